The van der Waals surface area contributed by atoms with Gasteiger partial charge in [0.2, 0.25) is 6.79 Å². The lowest BCUT2D eigenvalue weighted by molar-refractivity contribution is -0.154. The molecule has 2 heterocycles. The average Bonchev–Trinajstić information content (AvgIpc) is 3.17. The molecule has 31 heavy (non-hydrogen) atoms. The molecule has 0 bridgehead atoms. The van der Waals surface area contributed by atoms with Gasteiger partial charge in [0, 0.05) is 18.2 Å². The van der Waals surface area contributed by atoms with Crippen molar-refractivity contribution in [2.75, 3.05) is 13.3 Å². The average molecular weight is 425 g/mol. The standard InChI is InChI=1S/C23H20FNO6/c24-17-8-6-16(7-9-17)22(27)25-12-2-1-3-19(23(25)28)31-21(26)11-5-15-4-10-18-20(13-15)30-14-29-18/h4-11,13,19H,1-3,12,14H2/b11-5+. The maximum Gasteiger partial charge on any atom is 0.331 e. The van der Waals surface area contributed by atoms with Crippen LogP contribution in [0.15, 0.2) is 48.5 Å². The van der Waals surface area contributed by atoms with Crippen molar-refractivity contribution in [3.05, 3.63) is 65.5 Å². The van der Waals surface area contributed by atoms with E-state index in [0.29, 0.717) is 36.3 Å². The zero-order valence-electron chi connectivity index (χ0n) is 16.6. The van der Waals surface area contributed by atoms with Gasteiger partial charge in [0.25, 0.3) is 11.8 Å². The van der Waals surface area contributed by atoms with E-state index in [0.717, 1.165) is 17.0 Å². The fourth-order valence-electron chi connectivity index (χ4n) is 3.43. The van der Waals surface area contributed by atoms with Gasteiger partial charge in [0.05, 0.1) is 0 Å². The van der Waals surface area contributed by atoms with Crippen molar-refractivity contribution in [1.82, 2.24) is 4.90 Å². The molecule has 160 valence electrons. The number of rotatable bonds is 4. The number of benzene rings is 2. The molecule has 2 aliphatic heterocycles. The Labute approximate surface area is 178 Å². The van der Waals surface area contributed by atoms with Gasteiger partial charge in [-0.15, -0.1) is 0 Å². The number of hydrogen-bond donors (Lipinski definition) is 0. The quantitative estimate of drug-likeness (QED) is 0.425. The molecule has 2 aromatic carbocycles. The Morgan fingerprint density at radius 1 is 1.06 bits per heavy atom. The van der Waals surface area contributed by atoms with E-state index in [-0.39, 0.29) is 18.9 Å². The maximum absolute atomic E-state index is 13.1. The van der Waals surface area contributed by atoms with Gasteiger partial charge in [0.15, 0.2) is 17.6 Å². The number of halogens is 1. The number of imide groups is 1. The number of amides is 2. The van der Waals surface area contributed by atoms with E-state index in [4.69, 9.17) is 14.2 Å². The SMILES string of the molecule is O=C(/C=C/c1ccc2c(c1)OCO2)OC1CCCCN(C(=O)c2ccc(F)cc2)C1=O. The predicted molar refractivity (Wildman–Crippen MR) is 108 cm³/mol. The highest BCUT2D eigenvalue weighted by molar-refractivity contribution is 6.06. The molecule has 0 spiro atoms. The van der Waals surface area contributed by atoms with Gasteiger partial charge in [-0.2, -0.15) is 0 Å². The second-order valence-electron chi connectivity index (χ2n) is 7.17. The Balaban J connectivity index is 1.42. The van der Waals surface area contributed by atoms with E-state index in [2.05, 4.69) is 0 Å². The maximum atomic E-state index is 13.1. The summed E-state index contributed by atoms with van der Waals surface area (Å²) in [5.74, 6) is -1.05. The molecule has 2 aliphatic rings. The number of nitrogens with zero attached hydrogens (tertiary/aromatic N) is 1. The van der Waals surface area contributed by atoms with Gasteiger partial charge in [-0.05, 0) is 67.3 Å². The minimum atomic E-state index is -1.05. The topological polar surface area (TPSA) is 82.1 Å². The third kappa shape index (κ3) is 4.74. The molecule has 1 fully saturated rings. The summed E-state index contributed by atoms with van der Waals surface area (Å²) in [6, 6.07) is 10.2. The van der Waals surface area contributed by atoms with Crippen molar-refractivity contribution in [3.63, 3.8) is 0 Å². The molecule has 0 N–H and O–H groups in total. The minimum Gasteiger partial charge on any atom is -0.454 e. The van der Waals surface area contributed by atoms with Crippen LogP contribution in [0.5, 0.6) is 11.5 Å². The number of hydrogen-bond acceptors (Lipinski definition) is 6. The first-order valence-electron chi connectivity index (χ1n) is 9.91. The first kappa shape index (κ1) is 20.6. The fourth-order valence-corrected chi connectivity index (χ4v) is 3.43. The molecule has 1 saturated heterocycles. The predicted octanol–water partition coefficient (Wildman–Crippen LogP) is 3.33. The summed E-state index contributed by atoms with van der Waals surface area (Å²) in [5, 5.41) is 0. The number of fused-ring (bicyclic) bond motifs is 1. The van der Waals surface area contributed by atoms with Gasteiger partial charge in [-0.1, -0.05) is 6.07 Å². The lowest BCUT2D eigenvalue weighted by Crippen LogP contribution is -2.43. The number of carbonyl (C=O) groups excluding carboxylic acids is 3. The summed E-state index contributed by atoms with van der Waals surface area (Å²) in [6.07, 6.45) is 3.27. The van der Waals surface area contributed by atoms with Crippen LogP contribution in [0.4, 0.5) is 4.39 Å². The molecule has 7 nitrogen and oxygen atoms in total. The van der Waals surface area contributed by atoms with E-state index < -0.39 is 29.7 Å². The second-order valence-corrected chi connectivity index (χ2v) is 7.17. The van der Waals surface area contributed by atoms with Crippen LogP contribution in [-0.2, 0) is 14.3 Å². The number of ether oxygens (including phenoxy) is 3. The van der Waals surface area contributed by atoms with Crippen LogP contribution in [0.25, 0.3) is 6.08 Å². The van der Waals surface area contributed by atoms with Crippen LogP contribution in [0.1, 0.15) is 35.2 Å². The first-order chi connectivity index (χ1) is 15.0. The number of likely N-dealkylation sites (tertiary alicyclic amines) is 1. The fraction of sp³-hybridized carbons (Fsp3) is 0.261. The first-order valence-corrected chi connectivity index (χ1v) is 9.91. The Bertz CT molecular complexity index is 1030. The molecular weight excluding hydrogens is 405 g/mol. The molecule has 0 radical (unpaired) electrons. The molecule has 0 aliphatic carbocycles. The highest BCUT2D eigenvalue weighted by atomic mass is 19.1. The van der Waals surface area contributed by atoms with Crippen molar-refractivity contribution in [2.24, 2.45) is 0 Å². The van der Waals surface area contributed by atoms with Crippen molar-refractivity contribution in [2.45, 2.75) is 25.4 Å². The number of carbonyl (C=O) groups is 3. The van der Waals surface area contributed by atoms with Gasteiger partial charge >= 0.3 is 5.97 Å². The van der Waals surface area contributed by atoms with Crippen molar-refractivity contribution < 1.29 is 33.0 Å². The van der Waals surface area contributed by atoms with E-state index in [9.17, 15) is 18.8 Å². The molecule has 1 atom stereocenters. The zero-order chi connectivity index (χ0) is 21.8. The van der Waals surface area contributed by atoms with E-state index in [1.54, 1.807) is 24.3 Å². The monoisotopic (exact) mass is 425 g/mol. The van der Waals surface area contributed by atoms with Gasteiger partial charge in [-0.25, -0.2) is 9.18 Å². The van der Waals surface area contributed by atoms with E-state index in [1.165, 1.54) is 18.2 Å². The van der Waals surface area contributed by atoms with Crippen molar-refractivity contribution >= 4 is 23.9 Å². The van der Waals surface area contributed by atoms with Crippen LogP contribution < -0.4 is 9.47 Å². The summed E-state index contributed by atoms with van der Waals surface area (Å²) in [6.45, 7) is 0.373. The van der Waals surface area contributed by atoms with Crippen LogP contribution >= 0.6 is 0 Å². The highest BCUT2D eigenvalue weighted by Crippen LogP contribution is 2.32. The number of esters is 1. The Morgan fingerprint density at radius 3 is 2.65 bits per heavy atom. The van der Waals surface area contributed by atoms with Crippen LogP contribution in [0.3, 0.4) is 0 Å². The molecule has 0 aromatic heterocycles. The minimum absolute atomic E-state index is 0.154. The van der Waals surface area contributed by atoms with Gasteiger partial charge in [-0.3, -0.25) is 14.5 Å². The van der Waals surface area contributed by atoms with E-state index in [1.807, 2.05) is 0 Å². The van der Waals surface area contributed by atoms with Crippen LogP contribution in [0, 0.1) is 5.82 Å². The normalized spacial score (nSPS) is 18.2. The summed E-state index contributed by atoms with van der Waals surface area (Å²) in [5.41, 5.74) is 0.908. The largest absolute Gasteiger partial charge is 0.454 e. The molecule has 1 unspecified atom stereocenters. The molecule has 0 saturated carbocycles. The van der Waals surface area contributed by atoms with Crippen LogP contribution in [-0.4, -0.2) is 42.1 Å². The lowest BCUT2D eigenvalue weighted by atomic mass is 10.1. The molecular formula is C23H20FNO6. The van der Waals surface area contributed by atoms with Crippen molar-refractivity contribution in [1.29, 1.82) is 0 Å². The second kappa shape index (κ2) is 8.99. The summed E-state index contributed by atoms with van der Waals surface area (Å²) >= 11 is 0. The Kier molecular flexibility index (Phi) is 5.97. The molecule has 2 aromatic rings. The van der Waals surface area contributed by atoms with E-state index >= 15 is 0 Å². The Morgan fingerprint density at radius 2 is 1.84 bits per heavy atom. The summed E-state index contributed by atoms with van der Waals surface area (Å²) < 4.78 is 29.0. The third-order valence-corrected chi connectivity index (χ3v) is 5.04. The molecule has 4 rings (SSSR count). The highest BCUT2D eigenvalue weighted by Gasteiger charge is 2.33. The molecule has 8 heteroatoms. The summed E-state index contributed by atoms with van der Waals surface area (Å²) in [4.78, 5) is 38.9. The lowest BCUT2D eigenvalue weighted by Gasteiger charge is -2.22. The Hall–Kier alpha value is -3.68. The van der Waals surface area contributed by atoms with Crippen LogP contribution in [0.2, 0.25) is 0 Å². The van der Waals surface area contributed by atoms with Gasteiger partial charge in [0.1, 0.15) is 5.82 Å². The third-order valence-electron chi connectivity index (χ3n) is 5.04. The van der Waals surface area contributed by atoms with Gasteiger partial charge < -0.3 is 14.2 Å². The van der Waals surface area contributed by atoms with Crippen molar-refractivity contribution in [3.8, 4) is 11.5 Å². The smallest absolute Gasteiger partial charge is 0.331 e. The molecule has 2 amide bonds. The summed E-state index contributed by atoms with van der Waals surface area (Å²) in [7, 11) is 0. The zero-order valence-corrected chi connectivity index (χ0v) is 16.6.